The molecule has 0 aliphatic carbocycles. The number of nitrogens with two attached hydrogens (primary N) is 1. The summed E-state index contributed by atoms with van der Waals surface area (Å²) in [5.41, 5.74) is 4.81. The lowest BCUT2D eigenvalue weighted by molar-refractivity contribution is 0.0997. The molecule has 7 nitrogen and oxygen atoms in total. The molecule has 0 unspecified atom stereocenters. The van der Waals surface area contributed by atoms with Crippen LogP contribution in [0.3, 0.4) is 0 Å². The molecule has 0 radical (unpaired) electrons. The highest BCUT2D eigenvalue weighted by molar-refractivity contribution is 6.36. The van der Waals surface area contributed by atoms with Crippen LogP contribution in [0.4, 0.5) is 4.39 Å². The lowest BCUT2D eigenvalue weighted by atomic mass is 10.2. The zero-order chi connectivity index (χ0) is 20.0. The van der Waals surface area contributed by atoms with Crippen molar-refractivity contribution < 1.29 is 9.18 Å². The van der Waals surface area contributed by atoms with Crippen molar-refractivity contribution in [2.24, 2.45) is 5.73 Å². The van der Waals surface area contributed by atoms with E-state index in [1.54, 1.807) is 18.2 Å². The van der Waals surface area contributed by atoms with Gasteiger partial charge >= 0.3 is 5.69 Å². The van der Waals surface area contributed by atoms with E-state index in [9.17, 15) is 14.0 Å². The van der Waals surface area contributed by atoms with Crippen LogP contribution in [0.15, 0.2) is 47.3 Å². The van der Waals surface area contributed by atoms with Crippen molar-refractivity contribution in [1.82, 2.24) is 19.5 Å². The molecule has 0 saturated heterocycles. The van der Waals surface area contributed by atoms with Gasteiger partial charge < -0.3 is 10.7 Å². The third-order valence-corrected chi connectivity index (χ3v) is 4.58. The fourth-order valence-electron chi connectivity index (χ4n) is 2.81. The number of rotatable bonds is 3. The summed E-state index contributed by atoms with van der Waals surface area (Å²) in [6.45, 7) is 0. The molecule has 28 heavy (non-hydrogen) atoms. The first-order valence-electron chi connectivity index (χ1n) is 7.89. The fraction of sp³-hybridized carbons (Fsp3) is 0. The Kier molecular flexibility index (Phi) is 4.37. The van der Waals surface area contributed by atoms with Crippen LogP contribution in [-0.4, -0.2) is 25.4 Å². The van der Waals surface area contributed by atoms with Gasteiger partial charge in [-0.3, -0.25) is 4.79 Å². The zero-order valence-corrected chi connectivity index (χ0v) is 15.4. The van der Waals surface area contributed by atoms with Gasteiger partial charge in [0, 0.05) is 10.6 Å². The number of primary amides is 1. The number of carbonyl (C=O) groups excluding carboxylic acids is 1. The van der Waals surface area contributed by atoms with Crippen LogP contribution < -0.4 is 11.4 Å². The van der Waals surface area contributed by atoms with Gasteiger partial charge in [0.05, 0.1) is 10.7 Å². The van der Waals surface area contributed by atoms with E-state index in [0.29, 0.717) is 10.6 Å². The lowest BCUT2D eigenvalue weighted by Gasteiger charge is -2.08. The van der Waals surface area contributed by atoms with E-state index in [-0.39, 0.29) is 33.4 Å². The molecule has 0 spiro atoms. The number of nitrogens with zero attached hydrogens (tertiary/aromatic N) is 3. The SMILES string of the molecule is NC(=O)c1nc(-c2ccc(Cl)cc2Cl)nc2c1[nH]c(=O)n2-c1ccccc1F. The average Bonchev–Trinajstić information content (AvgIpc) is 2.97. The third kappa shape index (κ3) is 2.92. The van der Waals surface area contributed by atoms with Crippen LogP contribution in [0.5, 0.6) is 0 Å². The van der Waals surface area contributed by atoms with Crippen molar-refractivity contribution in [2.75, 3.05) is 0 Å². The van der Waals surface area contributed by atoms with Gasteiger partial charge in [-0.25, -0.2) is 23.7 Å². The normalized spacial score (nSPS) is 11.1. The number of hydrogen-bond donors (Lipinski definition) is 2. The van der Waals surface area contributed by atoms with Gasteiger partial charge in [0.2, 0.25) is 0 Å². The number of benzene rings is 2. The first kappa shape index (κ1) is 18.1. The van der Waals surface area contributed by atoms with Gasteiger partial charge in [0.25, 0.3) is 5.91 Å². The number of halogens is 3. The molecule has 0 fully saturated rings. The Morgan fingerprint density at radius 2 is 1.89 bits per heavy atom. The van der Waals surface area contributed by atoms with Crippen molar-refractivity contribution in [1.29, 1.82) is 0 Å². The summed E-state index contributed by atoms with van der Waals surface area (Å²) < 4.78 is 15.3. The summed E-state index contributed by atoms with van der Waals surface area (Å²) in [5, 5.41) is 0.632. The van der Waals surface area contributed by atoms with Crippen molar-refractivity contribution in [3.8, 4) is 17.1 Å². The number of amides is 1. The summed E-state index contributed by atoms with van der Waals surface area (Å²) in [6.07, 6.45) is 0. The van der Waals surface area contributed by atoms with Gasteiger partial charge in [-0.1, -0.05) is 35.3 Å². The molecule has 0 atom stereocenters. The minimum absolute atomic E-state index is 0.00501. The van der Waals surface area contributed by atoms with E-state index < -0.39 is 17.4 Å². The highest BCUT2D eigenvalue weighted by atomic mass is 35.5. The van der Waals surface area contributed by atoms with Gasteiger partial charge in [0.1, 0.15) is 11.3 Å². The van der Waals surface area contributed by atoms with E-state index in [1.807, 2.05) is 0 Å². The van der Waals surface area contributed by atoms with Crippen LogP contribution in [0.25, 0.3) is 28.2 Å². The van der Waals surface area contributed by atoms with Crippen LogP contribution in [-0.2, 0) is 0 Å². The number of fused-ring (bicyclic) bond motifs is 1. The zero-order valence-electron chi connectivity index (χ0n) is 13.9. The predicted molar refractivity (Wildman–Crippen MR) is 103 cm³/mol. The molecule has 140 valence electrons. The number of imidazole rings is 1. The summed E-state index contributed by atoms with van der Waals surface area (Å²) in [5.74, 6) is -1.50. The second-order valence-corrected chi connectivity index (χ2v) is 6.64. The molecule has 4 aromatic rings. The Morgan fingerprint density at radius 1 is 1.14 bits per heavy atom. The number of aromatic nitrogens is 4. The van der Waals surface area contributed by atoms with Crippen LogP contribution in [0.2, 0.25) is 10.0 Å². The van der Waals surface area contributed by atoms with Crippen molar-refractivity contribution in [2.45, 2.75) is 0 Å². The van der Waals surface area contributed by atoms with E-state index in [4.69, 9.17) is 28.9 Å². The molecule has 3 N–H and O–H groups in total. The largest absolute Gasteiger partial charge is 0.364 e. The Hall–Kier alpha value is -3.23. The number of aromatic amines is 1. The number of nitrogens with one attached hydrogen (secondary N) is 1. The van der Waals surface area contributed by atoms with E-state index in [2.05, 4.69) is 15.0 Å². The maximum atomic E-state index is 14.3. The highest BCUT2D eigenvalue weighted by Crippen LogP contribution is 2.30. The Morgan fingerprint density at radius 3 is 2.57 bits per heavy atom. The predicted octanol–water partition coefficient (Wildman–Crippen LogP) is 3.32. The number of para-hydroxylation sites is 1. The molecule has 0 aliphatic rings. The first-order chi connectivity index (χ1) is 13.4. The monoisotopic (exact) mass is 417 g/mol. The summed E-state index contributed by atoms with van der Waals surface area (Å²) in [6, 6.07) is 10.3. The minimum atomic E-state index is -0.888. The Labute approximate surface area is 166 Å². The second kappa shape index (κ2) is 6.74. The number of H-pyrrole nitrogens is 1. The minimum Gasteiger partial charge on any atom is -0.364 e. The first-order valence-corrected chi connectivity index (χ1v) is 8.65. The quantitative estimate of drug-likeness (QED) is 0.532. The van der Waals surface area contributed by atoms with Gasteiger partial charge in [0.15, 0.2) is 17.2 Å². The smallest absolute Gasteiger partial charge is 0.332 e. The molecule has 4 rings (SSSR count). The van der Waals surface area contributed by atoms with Crippen LogP contribution in [0.1, 0.15) is 10.5 Å². The van der Waals surface area contributed by atoms with Gasteiger partial charge in [-0.2, -0.15) is 0 Å². The van der Waals surface area contributed by atoms with E-state index in [1.165, 1.54) is 24.3 Å². The molecule has 0 saturated carbocycles. The van der Waals surface area contributed by atoms with Gasteiger partial charge in [-0.15, -0.1) is 0 Å². The molecule has 2 heterocycles. The van der Waals surface area contributed by atoms with Crippen molar-refractivity contribution in [3.63, 3.8) is 0 Å². The lowest BCUT2D eigenvalue weighted by Crippen LogP contribution is -2.16. The Bertz CT molecular complexity index is 1320. The number of hydrogen-bond acceptors (Lipinski definition) is 4. The highest BCUT2D eigenvalue weighted by Gasteiger charge is 2.22. The molecule has 2 aromatic heterocycles. The number of carbonyl (C=O) groups is 1. The standard InChI is InChI=1S/C18H10Cl2FN5O2/c19-8-5-6-9(10(20)7-8)16-23-13(15(22)27)14-17(25-16)26(18(28)24-14)12-4-2-1-3-11(12)21/h1-7H,(H2,22,27)(H,24,28). The van der Waals surface area contributed by atoms with Crippen LogP contribution in [0, 0.1) is 5.82 Å². The van der Waals surface area contributed by atoms with Gasteiger partial charge in [-0.05, 0) is 30.3 Å². The molecule has 2 aromatic carbocycles. The van der Waals surface area contributed by atoms with Crippen molar-refractivity contribution >= 4 is 40.3 Å². The summed E-state index contributed by atoms with van der Waals surface area (Å²) >= 11 is 12.1. The van der Waals surface area contributed by atoms with E-state index in [0.717, 1.165) is 4.57 Å². The van der Waals surface area contributed by atoms with Crippen molar-refractivity contribution in [3.05, 3.63) is 74.5 Å². The van der Waals surface area contributed by atoms with Crippen LogP contribution >= 0.6 is 23.2 Å². The summed E-state index contributed by atoms with van der Waals surface area (Å²) in [7, 11) is 0. The molecular formula is C18H10Cl2FN5O2. The third-order valence-electron chi connectivity index (χ3n) is 4.04. The van der Waals surface area contributed by atoms with E-state index >= 15 is 0 Å². The Balaban J connectivity index is 2.10. The molecular weight excluding hydrogens is 408 g/mol. The second-order valence-electron chi connectivity index (χ2n) is 5.80. The maximum absolute atomic E-state index is 14.3. The molecule has 0 bridgehead atoms. The topological polar surface area (TPSA) is 107 Å². The molecule has 10 heteroatoms. The maximum Gasteiger partial charge on any atom is 0.332 e. The summed E-state index contributed by atoms with van der Waals surface area (Å²) in [4.78, 5) is 35.4. The average molecular weight is 418 g/mol. The molecule has 0 aliphatic heterocycles. The molecule has 1 amide bonds. The fourth-order valence-corrected chi connectivity index (χ4v) is 3.30.